The Labute approximate surface area is 133 Å². The molecule has 0 saturated heterocycles. The van der Waals surface area contributed by atoms with E-state index in [0.29, 0.717) is 11.4 Å². The maximum Gasteiger partial charge on any atom is 0.293 e. The molecule has 0 atom stereocenters. The van der Waals surface area contributed by atoms with Crippen LogP contribution in [0.1, 0.15) is 17.5 Å². The predicted molar refractivity (Wildman–Crippen MR) is 86.2 cm³/mol. The zero-order valence-corrected chi connectivity index (χ0v) is 12.8. The Morgan fingerprint density at radius 1 is 1.23 bits per heavy atom. The van der Waals surface area contributed by atoms with Crippen LogP contribution >= 0.6 is 11.6 Å². The van der Waals surface area contributed by atoms with Crippen molar-refractivity contribution in [3.05, 3.63) is 68.7 Å². The van der Waals surface area contributed by atoms with Gasteiger partial charge in [-0.1, -0.05) is 29.8 Å². The van der Waals surface area contributed by atoms with Crippen LogP contribution in [0.2, 0.25) is 5.02 Å². The highest BCUT2D eigenvalue weighted by Gasteiger charge is 2.15. The van der Waals surface area contributed by atoms with Crippen molar-refractivity contribution in [3.63, 3.8) is 0 Å². The fourth-order valence-corrected chi connectivity index (χ4v) is 2.15. The smallest absolute Gasteiger partial charge is 0.293 e. The molecule has 0 spiro atoms. The largest absolute Gasteiger partial charge is 0.320 e. The molecule has 1 N–H and O–H groups in total. The van der Waals surface area contributed by atoms with Crippen molar-refractivity contribution in [2.24, 2.45) is 0 Å². The Morgan fingerprint density at radius 2 is 1.91 bits per heavy atom. The van der Waals surface area contributed by atoms with E-state index < -0.39 is 4.92 Å². The molecule has 22 heavy (non-hydrogen) atoms. The summed E-state index contributed by atoms with van der Waals surface area (Å²) in [5.41, 5.74) is 1.88. The van der Waals surface area contributed by atoms with E-state index in [2.05, 4.69) is 5.32 Å². The summed E-state index contributed by atoms with van der Waals surface area (Å²) in [5.74, 6) is -0.262. The first-order chi connectivity index (χ1) is 10.5. The number of amides is 1. The van der Waals surface area contributed by atoms with Crippen LogP contribution in [-0.4, -0.2) is 10.8 Å². The van der Waals surface area contributed by atoms with Gasteiger partial charge in [-0.2, -0.15) is 0 Å². The zero-order chi connectivity index (χ0) is 16.1. The van der Waals surface area contributed by atoms with Crippen LogP contribution in [-0.2, 0) is 11.2 Å². The number of rotatable bonds is 5. The molecule has 2 rings (SSSR count). The fourth-order valence-electron chi connectivity index (χ4n) is 2.02. The summed E-state index contributed by atoms with van der Waals surface area (Å²) >= 11 is 5.80. The second kappa shape index (κ2) is 7.04. The zero-order valence-electron chi connectivity index (χ0n) is 12.0. The lowest BCUT2D eigenvalue weighted by Crippen LogP contribution is -2.13. The first kappa shape index (κ1) is 16.0. The van der Waals surface area contributed by atoms with Gasteiger partial charge in [0.05, 0.1) is 4.92 Å². The maximum absolute atomic E-state index is 12.0. The van der Waals surface area contributed by atoms with E-state index in [-0.39, 0.29) is 23.7 Å². The topological polar surface area (TPSA) is 72.2 Å². The molecular formula is C16H15ClN2O3. The second-order valence-electron chi connectivity index (χ2n) is 4.95. The molecule has 0 heterocycles. The number of nitro groups is 1. The van der Waals surface area contributed by atoms with E-state index >= 15 is 0 Å². The van der Waals surface area contributed by atoms with Gasteiger partial charge in [-0.25, -0.2) is 0 Å². The van der Waals surface area contributed by atoms with Crippen LogP contribution in [0.5, 0.6) is 0 Å². The number of hydrogen-bond donors (Lipinski definition) is 1. The molecule has 0 radical (unpaired) electrons. The highest BCUT2D eigenvalue weighted by Crippen LogP contribution is 2.25. The molecule has 0 unspecified atom stereocenters. The molecule has 0 aliphatic heterocycles. The number of hydrogen-bond acceptors (Lipinski definition) is 3. The van der Waals surface area contributed by atoms with E-state index in [9.17, 15) is 14.9 Å². The number of nitrogens with zero attached hydrogens (tertiary/aromatic N) is 1. The molecule has 0 aliphatic rings. The number of benzene rings is 2. The fraction of sp³-hybridized carbons (Fsp3) is 0.188. The number of nitro benzene ring substituents is 1. The van der Waals surface area contributed by atoms with Gasteiger partial charge in [-0.15, -0.1) is 0 Å². The van der Waals surface area contributed by atoms with Crippen molar-refractivity contribution < 1.29 is 9.72 Å². The summed E-state index contributed by atoms with van der Waals surface area (Å²) < 4.78 is 0. The number of nitrogens with one attached hydrogen (secondary N) is 1. The Hall–Kier alpha value is -2.40. The normalized spacial score (nSPS) is 10.3. The molecule has 0 saturated carbocycles. The van der Waals surface area contributed by atoms with Crippen LogP contribution in [0.3, 0.4) is 0 Å². The van der Waals surface area contributed by atoms with Crippen LogP contribution in [0.25, 0.3) is 0 Å². The van der Waals surface area contributed by atoms with E-state index in [4.69, 9.17) is 11.6 Å². The molecule has 1 amide bonds. The van der Waals surface area contributed by atoms with E-state index in [0.717, 1.165) is 11.1 Å². The lowest BCUT2D eigenvalue weighted by Gasteiger charge is -2.07. The minimum atomic E-state index is -0.498. The number of aryl methyl sites for hydroxylation is 2. The minimum Gasteiger partial charge on any atom is -0.320 e. The number of anilines is 1. The lowest BCUT2D eigenvalue weighted by molar-refractivity contribution is -0.384. The number of carbonyl (C=O) groups is 1. The average Bonchev–Trinajstić information content (AvgIpc) is 2.48. The Bertz CT molecular complexity index is 699. The molecule has 0 aliphatic carbocycles. The maximum atomic E-state index is 12.0. The van der Waals surface area contributed by atoms with Gasteiger partial charge in [0.15, 0.2) is 0 Å². The third-order valence-corrected chi connectivity index (χ3v) is 3.43. The number of halogens is 1. The van der Waals surface area contributed by atoms with Gasteiger partial charge in [-0.3, -0.25) is 14.9 Å². The molecule has 2 aromatic carbocycles. The molecular weight excluding hydrogens is 304 g/mol. The van der Waals surface area contributed by atoms with Crippen molar-refractivity contribution in [1.29, 1.82) is 0 Å². The summed E-state index contributed by atoms with van der Waals surface area (Å²) in [6, 6.07) is 11.9. The average molecular weight is 319 g/mol. The minimum absolute atomic E-state index is 0.0974. The molecule has 0 bridgehead atoms. The molecule has 5 nitrogen and oxygen atoms in total. The first-order valence-corrected chi connectivity index (χ1v) is 7.13. The van der Waals surface area contributed by atoms with Gasteiger partial charge in [0.1, 0.15) is 5.69 Å². The second-order valence-corrected chi connectivity index (χ2v) is 5.39. The molecule has 2 aromatic rings. The van der Waals surface area contributed by atoms with Gasteiger partial charge in [-0.05, 0) is 42.7 Å². The van der Waals surface area contributed by atoms with E-state index in [1.807, 2.05) is 12.1 Å². The van der Waals surface area contributed by atoms with E-state index in [1.54, 1.807) is 31.2 Å². The van der Waals surface area contributed by atoms with Crippen LogP contribution in [0, 0.1) is 17.0 Å². The lowest BCUT2D eigenvalue weighted by atomic mass is 10.1. The Morgan fingerprint density at radius 3 is 2.55 bits per heavy atom. The third kappa shape index (κ3) is 4.30. The third-order valence-electron chi connectivity index (χ3n) is 3.18. The van der Waals surface area contributed by atoms with Gasteiger partial charge >= 0.3 is 0 Å². The van der Waals surface area contributed by atoms with Crippen molar-refractivity contribution in [3.8, 4) is 0 Å². The molecule has 0 fully saturated rings. The van der Waals surface area contributed by atoms with Gasteiger partial charge in [0.25, 0.3) is 5.69 Å². The monoisotopic (exact) mass is 318 g/mol. The molecule has 0 aromatic heterocycles. The highest BCUT2D eigenvalue weighted by atomic mass is 35.5. The summed E-state index contributed by atoms with van der Waals surface area (Å²) in [4.78, 5) is 22.5. The molecule has 114 valence electrons. The van der Waals surface area contributed by atoms with Gasteiger partial charge < -0.3 is 5.32 Å². The quantitative estimate of drug-likeness (QED) is 0.665. The van der Waals surface area contributed by atoms with Crippen LogP contribution in [0.4, 0.5) is 11.4 Å². The Kier molecular flexibility index (Phi) is 5.12. The number of carbonyl (C=O) groups excluding carboxylic acids is 1. The van der Waals surface area contributed by atoms with Crippen molar-refractivity contribution in [1.82, 2.24) is 0 Å². The van der Waals surface area contributed by atoms with Crippen LogP contribution < -0.4 is 5.32 Å². The van der Waals surface area contributed by atoms with Crippen molar-refractivity contribution in [2.75, 3.05) is 5.32 Å². The van der Waals surface area contributed by atoms with Gasteiger partial charge in [0.2, 0.25) is 5.91 Å². The highest BCUT2D eigenvalue weighted by molar-refractivity contribution is 6.30. The van der Waals surface area contributed by atoms with E-state index in [1.165, 1.54) is 6.07 Å². The summed E-state index contributed by atoms with van der Waals surface area (Å²) in [7, 11) is 0. The molecule has 6 heteroatoms. The van der Waals surface area contributed by atoms with Crippen molar-refractivity contribution >= 4 is 28.9 Å². The summed E-state index contributed by atoms with van der Waals surface area (Å²) in [6.45, 7) is 1.76. The standard InChI is InChI=1S/C16H15ClN2O3/c1-11-2-8-14(15(10-11)19(21)22)18-16(20)9-5-12-3-6-13(17)7-4-12/h2-4,6-8,10H,5,9H2,1H3,(H,18,20). The summed E-state index contributed by atoms with van der Waals surface area (Å²) in [5, 5.41) is 14.2. The Balaban J connectivity index is 2.00. The van der Waals surface area contributed by atoms with Gasteiger partial charge in [0, 0.05) is 17.5 Å². The first-order valence-electron chi connectivity index (χ1n) is 6.75. The van der Waals surface area contributed by atoms with Crippen molar-refractivity contribution in [2.45, 2.75) is 19.8 Å². The summed E-state index contributed by atoms with van der Waals surface area (Å²) in [6.07, 6.45) is 0.787. The predicted octanol–water partition coefficient (Wildman–Crippen LogP) is 4.13. The van der Waals surface area contributed by atoms with Crippen LogP contribution in [0.15, 0.2) is 42.5 Å². The SMILES string of the molecule is Cc1ccc(NC(=O)CCc2ccc(Cl)cc2)c([N+](=O)[O-])c1.